The van der Waals surface area contributed by atoms with E-state index in [0.717, 1.165) is 0 Å². The Morgan fingerprint density at radius 3 is 2.74 bits per heavy atom. The molecule has 0 radical (unpaired) electrons. The van der Waals surface area contributed by atoms with Crippen molar-refractivity contribution >= 4 is 11.6 Å². The number of amides is 1. The molecule has 0 aliphatic rings. The lowest BCUT2D eigenvalue weighted by atomic mass is 10.1. The van der Waals surface area contributed by atoms with Crippen LogP contribution in [0.2, 0.25) is 0 Å². The minimum Gasteiger partial charge on any atom is -0.389 e. The second-order valence-electron chi connectivity index (χ2n) is 6.60. The van der Waals surface area contributed by atoms with Crippen LogP contribution in [0.3, 0.4) is 0 Å². The number of carbonyl (C=O) groups excluding carboxylic acids is 1. The molecule has 0 saturated heterocycles. The van der Waals surface area contributed by atoms with Gasteiger partial charge in [-0.3, -0.25) is 4.79 Å². The summed E-state index contributed by atoms with van der Waals surface area (Å²) in [4.78, 5) is 16.5. The first-order valence-corrected chi connectivity index (χ1v) is 8.13. The average molecular weight is 360 g/mol. The summed E-state index contributed by atoms with van der Waals surface area (Å²) in [6.45, 7) is 3.22. The highest BCUT2D eigenvalue weighted by Crippen LogP contribution is 2.25. The maximum absolute atomic E-state index is 12.3. The van der Waals surface area contributed by atoms with Crippen molar-refractivity contribution in [2.45, 2.75) is 19.4 Å². The fourth-order valence-corrected chi connectivity index (χ4v) is 2.48. The number of nitriles is 2. The molecule has 0 aliphatic carbocycles. The van der Waals surface area contributed by atoms with E-state index >= 15 is 0 Å². The van der Waals surface area contributed by atoms with Gasteiger partial charge in [0.1, 0.15) is 23.0 Å². The van der Waals surface area contributed by atoms with Crippen LogP contribution in [-0.4, -0.2) is 37.8 Å². The first-order valence-electron chi connectivity index (χ1n) is 8.13. The van der Waals surface area contributed by atoms with Gasteiger partial charge in [0.15, 0.2) is 5.65 Å². The molecule has 3 rings (SSSR count). The first kappa shape index (κ1) is 18.1. The number of nitrogens with zero attached hydrogens (tertiary/aromatic N) is 5. The summed E-state index contributed by atoms with van der Waals surface area (Å²) >= 11 is 0. The minimum absolute atomic E-state index is 0.0647. The van der Waals surface area contributed by atoms with E-state index in [0.29, 0.717) is 16.8 Å². The molecule has 1 aromatic carbocycles. The number of aliphatic hydroxyl groups is 1. The van der Waals surface area contributed by atoms with Gasteiger partial charge in [0, 0.05) is 18.3 Å². The smallest absolute Gasteiger partial charge is 0.270 e. The van der Waals surface area contributed by atoms with E-state index in [2.05, 4.69) is 27.5 Å². The van der Waals surface area contributed by atoms with Crippen LogP contribution in [0.5, 0.6) is 0 Å². The van der Waals surface area contributed by atoms with Crippen LogP contribution in [-0.2, 0) is 0 Å². The molecule has 0 aliphatic heterocycles. The zero-order valence-corrected chi connectivity index (χ0v) is 14.8. The summed E-state index contributed by atoms with van der Waals surface area (Å²) in [5, 5.41) is 35.3. The zero-order valence-electron chi connectivity index (χ0n) is 14.8. The van der Waals surface area contributed by atoms with Gasteiger partial charge in [0.05, 0.1) is 17.2 Å². The Labute approximate surface area is 155 Å². The van der Waals surface area contributed by atoms with Gasteiger partial charge in [0.25, 0.3) is 5.91 Å². The molecule has 27 heavy (non-hydrogen) atoms. The summed E-state index contributed by atoms with van der Waals surface area (Å²) in [6, 6.07) is 12.4. The molecule has 8 nitrogen and oxygen atoms in total. The lowest BCUT2D eigenvalue weighted by Crippen LogP contribution is -2.38. The molecule has 1 amide bonds. The van der Waals surface area contributed by atoms with Crippen LogP contribution in [0.4, 0.5) is 0 Å². The molecule has 8 heteroatoms. The predicted octanol–water partition coefficient (Wildman–Crippen LogP) is 1.64. The molecular formula is C19H16N6O2. The van der Waals surface area contributed by atoms with Crippen molar-refractivity contribution < 1.29 is 9.90 Å². The summed E-state index contributed by atoms with van der Waals surface area (Å²) in [6.07, 6.45) is 1.54. The third kappa shape index (κ3) is 3.76. The average Bonchev–Trinajstić information content (AvgIpc) is 3.03. The number of benzene rings is 1. The maximum atomic E-state index is 12.3. The summed E-state index contributed by atoms with van der Waals surface area (Å²) < 4.78 is 1.42. The van der Waals surface area contributed by atoms with Crippen molar-refractivity contribution in [1.29, 1.82) is 10.5 Å². The number of hydrogen-bond acceptors (Lipinski definition) is 6. The Kier molecular flexibility index (Phi) is 4.59. The number of rotatable bonds is 4. The summed E-state index contributed by atoms with van der Waals surface area (Å²) in [7, 11) is 0. The van der Waals surface area contributed by atoms with E-state index in [1.54, 1.807) is 44.3 Å². The van der Waals surface area contributed by atoms with Gasteiger partial charge in [-0.05, 0) is 32.0 Å². The normalized spacial score (nSPS) is 11.0. The van der Waals surface area contributed by atoms with E-state index in [1.165, 1.54) is 10.6 Å². The molecule has 2 N–H and O–H groups in total. The molecule has 0 atom stereocenters. The molecule has 0 bridgehead atoms. The molecule has 0 fully saturated rings. The van der Waals surface area contributed by atoms with Crippen LogP contribution >= 0.6 is 0 Å². The van der Waals surface area contributed by atoms with Gasteiger partial charge in [-0.2, -0.15) is 15.6 Å². The Balaban J connectivity index is 2.04. The minimum atomic E-state index is -1.05. The maximum Gasteiger partial charge on any atom is 0.270 e. The molecule has 2 heterocycles. The van der Waals surface area contributed by atoms with E-state index in [1.807, 2.05) is 0 Å². The number of aromatic nitrogens is 3. The van der Waals surface area contributed by atoms with Gasteiger partial charge < -0.3 is 10.4 Å². The van der Waals surface area contributed by atoms with Crippen LogP contribution in [0, 0.1) is 22.7 Å². The van der Waals surface area contributed by atoms with E-state index in [4.69, 9.17) is 5.26 Å². The van der Waals surface area contributed by atoms with E-state index < -0.39 is 11.5 Å². The topological polar surface area (TPSA) is 127 Å². The lowest BCUT2D eigenvalue weighted by molar-refractivity contribution is 0.0692. The van der Waals surface area contributed by atoms with Gasteiger partial charge in [-0.25, -0.2) is 9.50 Å². The van der Waals surface area contributed by atoms with Gasteiger partial charge in [0.2, 0.25) is 0 Å². The van der Waals surface area contributed by atoms with Crippen molar-refractivity contribution in [2.75, 3.05) is 6.54 Å². The second kappa shape index (κ2) is 6.87. The highest BCUT2D eigenvalue weighted by atomic mass is 16.3. The van der Waals surface area contributed by atoms with Crippen LogP contribution in [0.15, 0.2) is 36.5 Å². The SMILES string of the molecule is CC(C)(O)CNC(=O)c1ccn2nc(-c3cccc(C#N)c3)c(C#N)c2n1. The molecule has 0 saturated carbocycles. The molecule has 0 spiro atoms. The number of carbonyl (C=O) groups is 1. The standard InChI is InChI=1S/C19H16N6O2/c1-19(2,27)11-22-18(26)15-6-7-25-17(23-15)14(10-21)16(24-25)13-5-3-4-12(8-13)9-20/h3-8,27H,11H2,1-2H3,(H,22,26). The predicted molar refractivity (Wildman–Crippen MR) is 96.5 cm³/mol. The van der Waals surface area contributed by atoms with Gasteiger partial charge in [-0.15, -0.1) is 0 Å². The highest BCUT2D eigenvalue weighted by Gasteiger charge is 2.19. The number of nitrogens with one attached hydrogen (secondary N) is 1. The largest absolute Gasteiger partial charge is 0.389 e. The van der Waals surface area contributed by atoms with Crippen molar-refractivity contribution in [3.8, 4) is 23.4 Å². The van der Waals surface area contributed by atoms with Crippen molar-refractivity contribution in [2.24, 2.45) is 0 Å². The Morgan fingerprint density at radius 1 is 1.30 bits per heavy atom. The van der Waals surface area contributed by atoms with Gasteiger partial charge in [-0.1, -0.05) is 12.1 Å². The Morgan fingerprint density at radius 2 is 2.07 bits per heavy atom. The molecule has 3 aromatic rings. The third-order valence-corrected chi connectivity index (χ3v) is 3.78. The van der Waals surface area contributed by atoms with Crippen LogP contribution in [0.1, 0.15) is 35.5 Å². The quantitative estimate of drug-likeness (QED) is 0.728. The monoisotopic (exact) mass is 360 g/mol. The number of fused-ring (bicyclic) bond motifs is 1. The second-order valence-corrected chi connectivity index (χ2v) is 6.60. The zero-order chi connectivity index (χ0) is 19.6. The van der Waals surface area contributed by atoms with Crippen LogP contribution in [0.25, 0.3) is 16.9 Å². The lowest BCUT2D eigenvalue weighted by Gasteiger charge is -2.17. The van der Waals surface area contributed by atoms with Crippen molar-refractivity contribution in [1.82, 2.24) is 19.9 Å². The highest BCUT2D eigenvalue weighted by molar-refractivity contribution is 5.93. The fourth-order valence-electron chi connectivity index (χ4n) is 2.48. The first-order chi connectivity index (χ1) is 12.8. The van der Waals surface area contributed by atoms with E-state index in [-0.39, 0.29) is 23.4 Å². The van der Waals surface area contributed by atoms with Gasteiger partial charge >= 0.3 is 0 Å². The van der Waals surface area contributed by atoms with Crippen molar-refractivity contribution in [3.05, 3.63) is 53.3 Å². The summed E-state index contributed by atoms with van der Waals surface area (Å²) in [5.41, 5.74) is 0.967. The number of hydrogen-bond donors (Lipinski definition) is 2. The molecule has 2 aromatic heterocycles. The fraction of sp³-hybridized carbons (Fsp3) is 0.211. The Hall–Kier alpha value is -3.75. The molecule has 0 unspecified atom stereocenters. The molecular weight excluding hydrogens is 344 g/mol. The Bertz CT molecular complexity index is 1110. The van der Waals surface area contributed by atoms with Crippen molar-refractivity contribution in [3.63, 3.8) is 0 Å². The summed E-state index contributed by atoms with van der Waals surface area (Å²) in [5.74, 6) is -0.460. The van der Waals surface area contributed by atoms with Crippen LogP contribution < -0.4 is 5.32 Å². The van der Waals surface area contributed by atoms with E-state index in [9.17, 15) is 15.2 Å². The third-order valence-electron chi connectivity index (χ3n) is 3.78. The molecule has 134 valence electrons.